The summed E-state index contributed by atoms with van der Waals surface area (Å²) < 4.78 is 5.49. The van der Waals surface area contributed by atoms with Gasteiger partial charge in [-0.15, -0.1) is 0 Å². The molecule has 8 nitrogen and oxygen atoms in total. The molecular formula is C20H24N6O2. The van der Waals surface area contributed by atoms with Crippen LogP contribution in [-0.4, -0.2) is 44.6 Å². The molecule has 1 aliphatic heterocycles. The zero-order valence-corrected chi connectivity index (χ0v) is 16.3. The van der Waals surface area contributed by atoms with Crippen molar-refractivity contribution < 1.29 is 9.53 Å². The first kappa shape index (κ1) is 19.5. The predicted molar refractivity (Wildman–Crippen MR) is 104 cm³/mol. The van der Waals surface area contributed by atoms with Crippen molar-refractivity contribution in [2.45, 2.75) is 45.1 Å². The average Bonchev–Trinajstić information content (AvgIpc) is 2.67. The lowest BCUT2D eigenvalue weighted by atomic mass is 9.92. The summed E-state index contributed by atoms with van der Waals surface area (Å²) in [6.45, 7) is 6.54. The van der Waals surface area contributed by atoms with E-state index in [0.717, 1.165) is 12.8 Å². The molecule has 3 rings (SSSR count). The number of hydrogen-bond acceptors (Lipinski definition) is 7. The quantitative estimate of drug-likeness (QED) is 0.850. The molecule has 2 N–H and O–H groups in total. The molecule has 1 amide bonds. The molecule has 3 heterocycles. The van der Waals surface area contributed by atoms with Gasteiger partial charge in [0.15, 0.2) is 5.82 Å². The molecule has 28 heavy (non-hydrogen) atoms. The number of carbonyl (C=O) groups is 1. The largest absolute Gasteiger partial charge is 0.444 e. The van der Waals surface area contributed by atoms with Crippen LogP contribution < -0.4 is 5.73 Å². The second kappa shape index (κ2) is 7.80. The summed E-state index contributed by atoms with van der Waals surface area (Å²) in [6, 6.07) is 7.55. The molecule has 2 aromatic rings. The predicted octanol–water partition coefficient (Wildman–Crippen LogP) is 3.11. The van der Waals surface area contributed by atoms with Crippen LogP contribution in [0.5, 0.6) is 0 Å². The SMILES string of the molecule is CC(C)(C)OC(=O)N1CCCC(c2nc(-c3ccccn3)nc(N)c2C#N)C1. The van der Waals surface area contributed by atoms with Crippen molar-refractivity contribution in [3.05, 3.63) is 35.7 Å². The van der Waals surface area contributed by atoms with Gasteiger partial charge in [0.05, 0.1) is 5.69 Å². The fourth-order valence-corrected chi connectivity index (χ4v) is 3.21. The number of likely N-dealkylation sites (tertiary alicyclic amines) is 1. The molecule has 1 atom stereocenters. The van der Waals surface area contributed by atoms with Crippen LogP contribution in [0.25, 0.3) is 11.5 Å². The molecule has 0 aliphatic carbocycles. The molecule has 8 heteroatoms. The van der Waals surface area contributed by atoms with Crippen molar-refractivity contribution >= 4 is 11.9 Å². The maximum atomic E-state index is 12.5. The third-order valence-corrected chi connectivity index (χ3v) is 4.43. The number of nitrogens with zero attached hydrogens (tertiary/aromatic N) is 5. The number of anilines is 1. The van der Waals surface area contributed by atoms with Crippen molar-refractivity contribution in [2.24, 2.45) is 0 Å². The Morgan fingerprint density at radius 2 is 2.14 bits per heavy atom. The number of aromatic nitrogens is 3. The second-order valence-electron chi connectivity index (χ2n) is 7.78. The lowest BCUT2D eigenvalue weighted by molar-refractivity contribution is 0.0197. The number of pyridine rings is 1. The van der Waals surface area contributed by atoms with Gasteiger partial charge in [0, 0.05) is 25.2 Å². The Bertz CT molecular complexity index is 901. The molecule has 146 valence electrons. The van der Waals surface area contributed by atoms with E-state index in [9.17, 15) is 10.1 Å². The first-order valence-corrected chi connectivity index (χ1v) is 9.25. The van der Waals surface area contributed by atoms with Crippen molar-refractivity contribution in [2.75, 3.05) is 18.8 Å². The van der Waals surface area contributed by atoms with Crippen molar-refractivity contribution in [1.82, 2.24) is 19.9 Å². The number of nitriles is 1. The topological polar surface area (TPSA) is 118 Å². The van der Waals surface area contributed by atoms with E-state index in [0.29, 0.717) is 30.3 Å². The van der Waals surface area contributed by atoms with Gasteiger partial charge in [-0.25, -0.2) is 14.8 Å². The summed E-state index contributed by atoms with van der Waals surface area (Å²) in [5.74, 6) is 0.382. The average molecular weight is 380 g/mol. The van der Waals surface area contributed by atoms with Gasteiger partial charge in [0.2, 0.25) is 0 Å². The van der Waals surface area contributed by atoms with E-state index in [1.807, 2.05) is 26.8 Å². The number of carbonyl (C=O) groups excluding carboxylic acids is 1. The van der Waals surface area contributed by atoms with Crippen LogP contribution in [0.4, 0.5) is 10.6 Å². The van der Waals surface area contributed by atoms with E-state index in [2.05, 4.69) is 21.0 Å². The van der Waals surface area contributed by atoms with Crippen LogP contribution in [0.2, 0.25) is 0 Å². The number of rotatable bonds is 2. The summed E-state index contributed by atoms with van der Waals surface area (Å²) >= 11 is 0. The Balaban J connectivity index is 1.92. The number of amides is 1. The van der Waals surface area contributed by atoms with Crippen molar-refractivity contribution in [1.29, 1.82) is 5.26 Å². The van der Waals surface area contributed by atoms with E-state index >= 15 is 0 Å². The highest BCUT2D eigenvalue weighted by Gasteiger charge is 2.31. The van der Waals surface area contributed by atoms with Gasteiger partial charge >= 0.3 is 6.09 Å². The zero-order chi connectivity index (χ0) is 20.3. The van der Waals surface area contributed by atoms with Gasteiger partial charge in [0.1, 0.15) is 28.7 Å². The maximum absolute atomic E-state index is 12.5. The highest BCUT2D eigenvalue weighted by atomic mass is 16.6. The molecule has 0 aromatic carbocycles. The van der Waals surface area contributed by atoms with Crippen LogP contribution in [0.1, 0.15) is 50.8 Å². The number of nitrogen functional groups attached to an aromatic ring is 1. The fraction of sp³-hybridized carbons (Fsp3) is 0.450. The third kappa shape index (κ3) is 4.36. The van der Waals surface area contributed by atoms with Crippen LogP contribution in [0, 0.1) is 11.3 Å². The van der Waals surface area contributed by atoms with Crippen molar-refractivity contribution in [3.63, 3.8) is 0 Å². The fourth-order valence-electron chi connectivity index (χ4n) is 3.21. The lowest BCUT2D eigenvalue weighted by Gasteiger charge is -2.34. The molecule has 1 saturated heterocycles. The number of hydrogen-bond donors (Lipinski definition) is 1. The molecule has 1 unspecified atom stereocenters. The summed E-state index contributed by atoms with van der Waals surface area (Å²) in [5.41, 5.74) is 6.89. The minimum Gasteiger partial charge on any atom is -0.444 e. The Kier molecular flexibility index (Phi) is 5.45. The summed E-state index contributed by atoms with van der Waals surface area (Å²) in [4.78, 5) is 27.3. The standard InChI is InChI=1S/C20H24N6O2/c1-20(2,3)28-19(27)26-10-6-7-13(12-26)16-14(11-21)17(22)25-18(24-16)15-8-4-5-9-23-15/h4-5,8-9,13H,6-7,10,12H2,1-3H3,(H2,22,24,25). The molecule has 0 spiro atoms. The summed E-state index contributed by atoms with van der Waals surface area (Å²) in [5, 5.41) is 9.59. The monoisotopic (exact) mass is 380 g/mol. The van der Waals surface area contributed by atoms with Crippen LogP contribution in [-0.2, 0) is 4.74 Å². The van der Waals surface area contributed by atoms with Crippen LogP contribution in [0.3, 0.4) is 0 Å². The Hall–Kier alpha value is -3.21. The Labute approximate surface area is 164 Å². The highest BCUT2D eigenvalue weighted by Crippen LogP contribution is 2.31. The van der Waals surface area contributed by atoms with Gasteiger partial charge in [0.25, 0.3) is 0 Å². The minimum atomic E-state index is -0.562. The Morgan fingerprint density at radius 3 is 2.79 bits per heavy atom. The Morgan fingerprint density at radius 1 is 1.36 bits per heavy atom. The first-order chi connectivity index (χ1) is 13.3. The minimum absolute atomic E-state index is 0.122. The van der Waals surface area contributed by atoms with Crippen LogP contribution >= 0.6 is 0 Å². The molecule has 1 aliphatic rings. The zero-order valence-electron chi connectivity index (χ0n) is 16.3. The van der Waals surface area contributed by atoms with Crippen LogP contribution in [0.15, 0.2) is 24.4 Å². The van der Waals surface area contributed by atoms with E-state index in [4.69, 9.17) is 10.5 Å². The van der Waals surface area contributed by atoms with E-state index in [-0.39, 0.29) is 23.4 Å². The smallest absolute Gasteiger partial charge is 0.410 e. The molecular weight excluding hydrogens is 356 g/mol. The van der Waals surface area contributed by atoms with Gasteiger partial charge in [-0.3, -0.25) is 4.98 Å². The molecule has 2 aromatic heterocycles. The summed E-state index contributed by atoms with van der Waals surface area (Å²) in [7, 11) is 0. The van der Waals surface area contributed by atoms with Gasteiger partial charge in [-0.2, -0.15) is 5.26 Å². The molecule has 0 bridgehead atoms. The van der Waals surface area contributed by atoms with E-state index < -0.39 is 5.60 Å². The normalized spacial score (nSPS) is 17.1. The number of piperidine rings is 1. The van der Waals surface area contributed by atoms with Gasteiger partial charge in [-0.1, -0.05) is 6.07 Å². The summed E-state index contributed by atoms with van der Waals surface area (Å²) in [6.07, 6.45) is 2.88. The first-order valence-electron chi connectivity index (χ1n) is 9.25. The van der Waals surface area contributed by atoms with E-state index in [1.54, 1.807) is 23.2 Å². The van der Waals surface area contributed by atoms with E-state index in [1.165, 1.54) is 0 Å². The van der Waals surface area contributed by atoms with Crippen molar-refractivity contribution in [3.8, 4) is 17.6 Å². The molecule has 0 saturated carbocycles. The number of nitrogens with two attached hydrogens (primary N) is 1. The van der Waals surface area contributed by atoms with Gasteiger partial charge in [-0.05, 0) is 45.7 Å². The second-order valence-corrected chi connectivity index (χ2v) is 7.78. The molecule has 1 fully saturated rings. The third-order valence-electron chi connectivity index (χ3n) is 4.43. The molecule has 0 radical (unpaired) electrons. The lowest BCUT2D eigenvalue weighted by Crippen LogP contribution is -2.42. The maximum Gasteiger partial charge on any atom is 0.410 e. The number of ether oxygens (including phenoxy) is 1. The highest BCUT2D eigenvalue weighted by molar-refractivity contribution is 5.68. The van der Waals surface area contributed by atoms with Gasteiger partial charge < -0.3 is 15.4 Å².